The zero-order valence-corrected chi connectivity index (χ0v) is 11.6. The maximum absolute atomic E-state index is 13.4. The maximum Gasteiger partial charge on any atom is 0.255 e. The fraction of sp³-hybridized carbons (Fsp3) is 0.0667. The van der Waals surface area contributed by atoms with Gasteiger partial charge in [-0.05, 0) is 24.3 Å². The van der Waals surface area contributed by atoms with E-state index in [1.807, 2.05) is 0 Å². The lowest BCUT2D eigenvalue weighted by Crippen LogP contribution is -2.13. The minimum atomic E-state index is -0.609. The average Bonchev–Trinajstić information content (AvgIpc) is 2.48. The van der Waals surface area contributed by atoms with Gasteiger partial charge in [-0.1, -0.05) is 23.4 Å². The number of pyridine rings is 1. The third-order valence-corrected chi connectivity index (χ3v) is 2.89. The zero-order valence-electron chi connectivity index (χ0n) is 10.9. The van der Waals surface area contributed by atoms with Crippen LogP contribution in [0.1, 0.15) is 15.9 Å². The number of carbonyl (C=O) groups excluding carboxylic acids is 1. The summed E-state index contributed by atoms with van der Waals surface area (Å²) in [6, 6.07) is 6.01. The molecule has 1 amide bonds. The van der Waals surface area contributed by atoms with Crippen LogP contribution in [0, 0.1) is 17.7 Å². The smallest absolute Gasteiger partial charge is 0.255 e. The first-order valence-corrected chi connectivity index (χ1v) is 6.39. The molecule has 3 N–H and O–H groups in total. The highest BCUT2D eigenvalue weighted by molar-refractivity contribution is 6.32. The molecular weight excluding hydrogens is 293 g/mol. The lowest BCUT2D eigenvalue weighted by molar-refractivity contribution is 0.102. The van der Waals surface area contributed by atoms with Crippen molar-refractivity contribution in [3.8, 4) is 11.8 Å². The third-order valence-electron chi connectivity index (χ3n) is 2.58. The topological polar surface area (TPSA) is 68.0 Å². The molecule has 0 atom stereocenters. The summed E-state index contributed by atoms with van der Waals surface area (Å²) in [5.74, 6) is 4.39. The summed E-state index contributed by atoms with van der Waals surface area (Å²) in [5.41, 5.74) is 6.22. The molecule has 0 fully saturated rings. The van der Waals surface area contributed by atoms with E-state index < -0.39 is 11.7 Å². The molecular formula is C15H11ClFN3O. The van der Waals surface area contributed by atoms with E-state index in [0.717, 1.165) is 6.20 Å². The number of rotatable bonds is 2. The molecule has 4 nitrogen and oxygen atoms in total. The van der Waals surface area contributed by atoms with Gasteiger partial charge >= 0.3 is 0 Å². The second-order valence-corrected chi connectivity index (χ2v) is 4.42. The summed E-state index contributed by atoms with van der Waals surface area (Å²) in [6.07, 6.45) is 2.41. The number of aromatic nitrogens is 1. The highest BCUT2D eigenvalue weighted by Gasteiger charge is 2.10. The SMILES string of the molecule is NCC#Cc1ccc(C(=O)Nc2ccncc2F)cc1Cl. The van der Waals surface area contributed by atoms with Crippen LogP contribution in [0.5, 0.6) is 0 Å². The number of nitrogens with zero attached hydrogens (tertiary/aromatic N) is 1. The Bertz CT molecular complexity index is 737. The van der Waals surface area contributed by atoms with Gasteiger partial charge in [0, 0.05) is 17.3 Å². The Morgan fingerprint density at radius 3 is 2.90 bits per heavy atom. The van der Waals surface area contributed by atoms with Gasteiger partial charge in [0.2, 0.25) is 0 Å². The molecule has 0 unspecified atom stereocenters. The van der Waals surface area contributed by atoms with Crippen LogP contribution in [0.4, 0.5) is 10.1 Å². The van der Waals surface area contributed by atoms with Crippen molar-refractivity contribution in [2.45, 2.75) is 0 Å². The van der Waals surface area contributed by atoms with Crippen LogP contribution in [0.3, 0.4) is 0 Å². The summed E-state index contributed by atoms with van der Waals surface area (Å²) in [4.78, 5) is 15.6. The largest absolute Gasteiger partial charge is 0.320 e. The molecule has 0 aliphatic rings. The number of carbonyl (C=O) groups is 1. The fourth-order valence-corrected chi connectivity index (χ4v) is 1.80. The highest BCUT2D eigenvalue weighted by atomic mass is 35.5. The number of nitrogens with one attached hydrogen (secondary N) is 1. The molecule has 106 valence electrons. The van der Waals surface area contributed by atoms with E-state index in [1.165, 1.54) is 18.3 Å². The number of nitrogens with two attached hydrogens (primary N) is 1. The van der Waals surface area contributed by atoms with Crippen molar-refractivity contribution in [1.29, 1.82) is 0 Å². The summed E-state index contributed by atoms with van der Waals surface area (Å²) < 4.78 is 13.4. The number of anilines is 1. The number of hydrogen-bond acceptors (Lipinski definition) is 3. The predicted octanol–water partition coefficient (Wildman–Crippen LogP) is 2.44. The third kappa shape index (κ3) is 3.78. The van der Waals surface area contributed by atoms with E-state index >= 15 is 0 Å². The van der Waals surface area contributed by atoms with Crippen molar-refractivity contribution in [3.63, 3.8) is 0 Å². The Kier molecular flexibility index (Phi) is 4.88. The molecule has 2 rings (SSSR count). The summed E-state index contributed by atoms with van der Waals surface area (Å²) in [5, 5.41) is 2.78. The average molecular weight is 304 g/mol. The molecule has 0 aliphatic heterocycles. The zero-order chi connectivity index (χ0) is 15.2. The Balaban J connectivity index is 2.21. The van der Waals surface area contributed by atoms with E-state index in [4.69, 9.17) is 17.3 Å². The molecule has 1 aromatic heterocycles. The van der Waals surface area contributed by atoms with Crippen molar-refractivity contribution < 1.29 is 9.18 Å². The number of amides is 1. The van der Waals surface area contributed by atoms with Gasteiger partial charge in [0.25, 0.3) is 5.91 Å². The first-order chi connectivity index (χ1) is 10.1. The van der Waals surface area contributed by atoms with E-state index in [-0.39, 0.29) is 12.2 Å². The van der Waals surface area contributed by atoms with E-state index in [0.29, 0.717) is 16.1 Å². The molecule has 1 heterocycles. The van der Waals surface area contributed by atoms with Crippen molar-refractivity contribution in [3.05, 3.63) is 58.6 Å². The van der Waals surface area contributed by atoms with Crippen LogP contribution in [0.2, 0.25) is 5.02 Å². The summed E-state index contributed by atoms with van der Waals surface area (Å²) >= 11 is 6.04. The molecule has 0 saturated heterocycles. The second-order valence-electron chi connectivity index (χ2n) is 4.01. The second kappa shape index (κ2) is 6.84. The minimum absolute atomic E-state index is 0.0538. The van der Waals surface area contributed by atoms with Crippen molar-refractivity contribution in [2.24, 2.45) is 5.73 Å². The van der Waals surface area contributed by atoms with Gasteiger partial charge in [-0.2, -0.15) is 0 Å². The standard InChI is InChI=1S/C15H11ClFN3O/c16-12-8-11(4-3-10(12)2-1-6-18)15(21)20-14-5-7-19-9-13(14)17/h3-5,7-9H,6,18H2,(H,19,20,21). The normalized spacial score (nSPS) is 9.67. The number of halogens is 2. The van der Waals surface area contributed by atoms with Crippen LogP contribution in [-0.4, -0.2) is 17.4 Å². The van der Waals surface area contributed by atoms with Crippen LogP contribution in [0.25, 0.3) is 0 Å². The number of hydrogen-bond donors (Lipinski definition) is 2. The van der Waals surface area contributed by atoms with Gasteiger partial charge < -0.3 is 11.1 Å². The molecule has 1 aromatic carbocycles. The quantitative estimate of drug-likeness (QED) is 0.837. The Morgan fingerprint density at radius 2 is 2.24 bits per heavy atom. The molecule has 0 saturated carbocycles. The monoisotopic (exact) mass is 303 g/mol. The van der Waals surface area contributed by atoms with Crippen molar-refractivity contribution >= 4 is 23.2 Å². The minimum Gasteiger partial charge on any atom is -0.320 e. The predicted molar refractivity (Wildman–Crippen MR) is 79.5 cm³/mol. The first kappa shape index (κ1) is 15.0. The van der Waals surface area contributed by atoms with Gasteiger partial charge in [-0.3, -0.25) is 9.78 Å². The molecule has 2 aromatic rings. The molecule has 0 bridgehead atoms. The summed E-state index contributed by atoms with van der Waals surface area (Å²) in [7, 11) is 0. The van der Waals surface area contributed by atoms with Crippen LogP contribution < -0.4 is 11.1 Å². The van der Waals surface area contributed by atoms with E-state index in [9.17, 15) is 9.18 Å². The molecule has 0 spiro atoms. The highest BCUT2D eigenvalue weighted by Crippen LogP contribution is 2.19. The van der Waals surface area contributed by atoms with E-state index in [2.05, 4.69) is 22.1 Å². The van der Waals surface area contributed by atoms with Crippen LogP contribution in [-0.2, 0) is 0 Å². The lowest BCUT2D eigenvalue weighted by atomic mass is 10.1. The maximum atomic E-state index is 13.4. The number of benzene rings is 1. The lowest BCUT2D eigenvalue weighted by Gasteiger charge is -2.06. The van der Waals surface area contributed by atoms with Gasteiger partial charge in [-0.25, -0.2) is 4.39 Å². The van der Waals surface area contributed by atoms with Crippen molar-refractivity contribution in [2.75, 3.05) is 11.9 Å². The molecule has 0 radical (unpaired) electrons. The van der Waals surface area contributed by atoms with Gasteiger partial charge in [0.15, 0.2) is 5.82 Å². The Labute approximate surface area is 126 Å². The van der Waals surface area contributed by atoms with Crippen molar-refractivity contribution in [1.82, 2.24) is 4.98 Å². The molecule has 0 aliphatic carbocycles. The Morgan fingerprint density at radius 1 is 1.43 bits per heavy atom. The van der Waals surface area contributed by atoms with Crippen LogP contribution >= 0.6 is 11.6 Å². The van der Waals surface area contributed by atoms with Gasteiger partial charge in [0.05, 0.1) is 23.5 Å². The first-order valence-electron chi connectivity index (χ1n) is 6.01. The fourth-order valence-electron chi connectivity index (χ4n) is 1.58. The van der Waals surface area contributed by atoms with E-state index in [1.54, 1.807) is 12.1 Å². The Hall–Kier alpha value is -2.42. The van der Waals surface area contributed by atoms with Gasteiger partial charge in [0.1, 0.15) is 0 Å². The molecule has 21 heavy (non-hydrogen) atoms. The summed E-state index contributed by atoms with van der Waals surface area (Å²) in [6.45, 7) is 0.222. The van der Waals surface area contributed by atoms with Crippen LogP contribution in [0.15, 0.2) is 36.7 Å². The molecule has 6 heteroatoms. The van der Waals surface area contributed by atoms with Gasteiger partial charge in [-0.15, -0.1) is 0 Å².